The highest BCUT2D eigenvalue weighted by atomic mass is 16.5. The van der Waals surface area contributed by atoms with E-state index in [4.69, 9.17) is 4.65 Å². The number of imidazole rings is 1. The van der Waals surface area contributed by atoms with Gasteiger partial charge in [-0.1, -0.05) is 18.2 Å². The molecule has 5 rings (SSSR count). The first kappa shape index (κ1) is 25.6. The van der Waals surface area contributed by atoms with E-state index in [1.54, 1.807) is 12.3 Å². The van der Waals surface area contributed by atoms with Gasteiger partial charge in [-0.05, 0) is 56.6 Å². The Kier molecular flexibility index (Phi) is 8.00. The molecule has 1 aromatic heterocycles. The number of nitrogens with one attached hydrogen (secondary N) is 1. The van der Waals surface area contributed by atoms with Gasteiger partial charge in [0.25, 0.3) is 0 Å². The van der Waals surface area contributed by atoms with Crippen LogP contribution in [0.4, 0.5) is 0 Å². The second kappa shape index (κ2) is 11.6. The van der Waals surface area contributed by atoms with Crippen molar-refractivity contribution in [3.05, 3.63) is 59.8 Å². The molecule has 0 amide bonds. The predicted molar refractivity (Wildman–Crippen MR) is 143 cm³/mol. The zero-order valence-corrected chi connectivity index (χ0v) is 21.4. The maximum atomic E-state index is 13.0. The summed E-state index contributed by atoms with van der Waals surface area (Å²) in [5.41, 5.74) is 2.56. The zero-order chi connectivity index (χ0) is 25.8. The summed E-state index contributed by atoms with van der Waals surface area (Å²) in [6, 6.07) is 5.90. The first-order valence-electron chi connectivity index (χ1n) is 13.4. The first-order chi connectivity index (χ1) is 18.0. The monoisotopic (exact) mass is 502 g/mol. The van der Waals surface area contributed by atoms with E-state index in [9.17, 15) is 14.6 Å². The molecule has 1 aliphatic carbocycles. The zero-order valence-electron chi connectivity index (χ0n) is 21.4. The average Bonchev–Trinajstić information content (AvgIpc) is 3.59. The molecule has 3 heterocycles. The molecule has 2 N–H and O–H groups in total. The number of carbonyl (C=O) groups excluding carboxylic acids is 2. The van der Waals surface area contributed by atoms with Gasteiger partial charge in [0.2, 0.25) is 0 Å². The summed E-state index contributed by atoms with van der Waals surface area (Å²) in [5, 5.41) is 10.6. The van der Waals surface area contributed by atoms with E-state index in [0.29, 0.717) is 42.5 Å². The van der Waals surface area contributed by atoms with Gasteiger partial charge >= 0.3 is 7.12 Å². The fourth-order valence-electron chi connectivity index (χ4n) is 5.98. The Hall–Kier alpha value is -3.04. The van der Waals surface area contributed by atoms with Gasteiger partial charge in [-0.2, -0.15) is 0 Å². The van der Waals surface area contributed by atoms with Crippen LogP contribution in [-0.2, 0) is 17.8 Å². The van der Waals surface area contributed by atoms with Crippen LogP contribution < -0.4 is 4.65 Å². The summed E-state index contributed by atoms with van der Waals surface area (Å²) in [4.78, 5) is 39.5. The summed E-state index contributed by atoms with van der Waals surface area (Å²) in [5.74, 6) is 1.60. The molecule has 1 saturated carbocycles. The van der Waals surface area contributed by atoms with E-state index in [1.165, 1.54) is 12.6 Å². The van der Waals surface area contributed by atoms with Crippen molar-refractivity contribution >= 4 is 24.4 Å². The van der Waals surface area contributed by atoms with Gasteiger partial charge in [0.15, 0.2) is 5.78 Å². The largest absolute Gasteiger partial charge is 0.535 e. The number of allylic oxidation sites excluding steroid dienone is 1. The Labute approximate surface area is 218 Å². The lowest BCUT2D eigenvalue weighted by Gasteiger charge is -2.36. The molecule has 37 heavy (non-hydrogen) atoms. The maximum absolute atomic E-state index is 13.0. The Bertz CT molecular complexity index is 1170. The number of rotatable bonds is 10. The number of hydrogen-bond acceptors (Lipinski definition) is 7. The molecule has 3 aliphatic rings. The smallest absolute Gasteiger partial charge is 0.526 e. The van der Waals surface area contributed by atoms with Crippen LogP contribution in [0.1, 0.15) is 73.6 Å². The highest BCUT2D eigenvalue weighted by Crippen LogP contribution is 2.37. The number of para-hydroxylation sites is 1. The van der Waals surface area contributed by atoms with Crippen LogP contribution >= 0.6 is 0 Å². The lowest BCUT2D eigenvalue weighted by Crippen LogP contribution is -2.41. The van der Waals surface area contributed by atoms with Gasteiger partial charge in [0, 0.05) is 62.0 Å². The van der Waals surface area contributed by atoms with E-state index in [1.807, 2.05) is 24.5 Å². The minimum atomic E-state index is -1.07. The van der Waals surface area contributed by atoms with Crippen LogP contribution in [0, 0.1) is 5.92 Å². The number of carbonyl (C=O) groups is 2. The number of aromatic amines is 1. The molecule has 2 aliphatic heterocycles. The van der Waals surface area contributed by atoms with Crippen molar-refractivity contribution in [2.24, 2.45) is 10.9 Å². The summed E-state index contributed by atoms with van der Waals surface area (Å²) < 4.78 is 5.72. The normalized spacial score (nSPS) is 23.1. The third-order valence-corrected chi connectivity index (χ3v) is 7.95. The third-order valence-electron chi connectivity index (χ3n) is 7.95. The fourth-order valence-corrected chi connectivity index (χ4v) is 5.98. The van der Waals surface area contributed by atoms with Crippen LogP contribution in [0.2, 0.25) is 5.82 Å². The molecule has 1 fully saturated rings. The molecule has 0 unspecified atom stereocenters. The molecule has 194 valence electrons. The van der Waals surface area contributed by atoms with Crippen molar-refractivity contribution in [2.75, 3.05) is 6.54 Å². The number of fused-ring (bicyclic) bond motifs is 1. The summed E-state index contributed by atoms with van der Waals surface area (Å²) in [6.07, 6.45) is 14.1. The highest BCUT2D eigenvalue weighted by Gasteiger charge is 2.38. The Balaban J connectivity index is 1.13. The highest BCUT2D eigenvalue weighted by molar-refractivity contribution is 6.47. The number of H-pyrrole nitrogens is 1. The van der Waals surface area contributed by atoms with Gasteiger partial charge in [-0.25, -0.2) is 4.98 Å². The minimum Gasteiger partial charge on any atom is -0.535 e. The van der Waals surface area contributed by atoms with Crippen molar-refractivity contribution in [1.29, 1.82) is 0 Å². The number of aromatic nitrogens is 2. The van der Waals surface area contributed by atoms with E-state index in [0.717, 1.165) is 56.6 Å². The molecule has 1 aromatic carbocycles. The van der Waals surface area contributed by atoms with Gasteiger partial charge in [-0.15, -0.1) is 0 Å². The van der Waals surface area contributed by atoms with Gasteiger partial charge in [0.1, 0.15) is 17.4 Å². The van der Waals surface area contributed by atoms with Crippen LogP contribution in [0.3, 0.4) is 0 Å². The lowest BCUT2D eigenvalue weighted by atomic mass is 9.64. The quantitative estimate of drug-likeness (QED) is 0.373. The van der Waals surface area contributed by atoms with E-state index in [2.05, 4.69) is 25.9 Å². The lowest BCUT2D eigenvalue weighted by molar-refractivity contribution is -0.120. The van der Waals surface area contributed by atoms with Crippen molar-refractivity contribution in [2.45, 2.75) is 76.7 Å². The van der Waals surface area contributed by atoms with Crippen LogP contribution in [0.15, 0.2) is 47.9 Å². The molecule has 0 bridgehead atoms. The van der Waals surface area contributed by atoms with Gasteiger partial charge in [-0.3, -0.25) is 19.5 Å². The summed E-state index contributed by atoms with van der Waals surface area (Å²) in [6.45, 7) is 3.10. The van der Waals surface area contributed by atoms with Crippen molar-refractivity contribution in [1.82, 2.24) is 14.9 Å². The number of aliphatic imine (C=N–C) groups is 1. The van der Waals surface area contributed by atoms with Crippen LogP contribution in [-0.4, -0.2) is 56.9 Å². The second-order valence-electron chi connectivity index (χ2n) is 10.7. The summed E-state index contributed by atoms with van der Waals surface area (Å²) >= 11 is 0. The Morgan fingerprint density at radius 2 is 2.03 bits per heavy atom. The van der Waals surface area contributed by atoms with E-state index < -0.39 is 7.12 Å². The SMILES string of the molecule is CC(=O)c1cccc2c1OB(O)[C@@H](CC(=O)CC1CCC(N(CC3=NC=CC3)Cc3ncc[nH]3)CC1)C2. The number of ketones is 2. The van der Waals surface area contributed by atoms with Crippen LogP contribution in [0.25, 0.3) is 0 Å². The maximum Gasteiger partial charge on any atom is 0.526 e. The average molecular weight is 502 g/mol. The topological polar surface area (TPSA) is 108 Å². The fraction of sp³-hybridized carbons (Fsp3) is 0.500. The van der Waals surface area contributed by atoms with Crippen molar-refractivity contribution < 1.29 is 19.3 Å². The molecule has 1 atom stereocenters. The van der Waals surface area contributed by atoms with Crippen molar-refractivity contribution in [3.63, 3.8) is 0 Å². The molecule has 0 saturated heterocycles. The Morgan fingerprint density at radius 1 is 1.19 bits per heavy atom. The van der Waals surface area contributed by atoms with Crippen molar-refractivity contribution in [3.8, 4) is 5.75 Å². The third kappa shape index (κ3) is 6.28. The standard InChI is InChI=1S/C28H35BN4O4/c1-19(34)26-6-2-4-21-15-22(29(36)37-28(21)26)16-25(35)14-20-7-9-24(10-8-20)33(17-23-5-3-11-30-23)18-27-31-12-13-32-27/h2-4,6,11-13,20,22,24,36H,5,7-10,14-18H2,1H3,(H,31,32)/t20?,22-,24?/m1/s1. The van der Waals surface area contributed by atoms with Gasteiger partial charge in [0.05, 0.1) is 12.1 Å². The van der Waals surface area contributed by atoms with E-state index >= 15 is 0 Å². The predicted octanol–water partition coefficient (Wildman–Crippen LogP) is 4.17. The molecule has 8 nitrogen and oxygen atoms in total. The van der Waals surface area contributed by atoms with E-state index in [-0.39, 0.29) is 17.4 Å². The number of benzene rings is 1. The Morgan fingerprint density at radius 3 is 2.73 bits per heavy atom. The summed E-state index contributed by atoms with van der Waals surface area (Å²) in [7, 11) is -1.07. The number of Topliss-reactive ketones (excluding diaryl/α,β-unsaturated/α-hetero) is 2. The molecule has 2 aromatic rings. The number of nitrogens with zero attached hydrogens (tertiary/aromatic N) is 3. The second-order valence-corrected chi connectivity index (χ2v) is 10.7. The van der Waals surface area contributed by atoms with Gasteiger partial charge < -0.3 is 14.7 Å². The molecule has 9 heteroatoms. The molecular weight excluding hydrogens is 467 g/mol. The molecule has 0 spiro atoms. The minimum absolute atomic E-state index is 0.0928. The molecule has 0 radical (unpaired) electrons. The molecular formula is C28H35BN4O4. The first-order valence-corrected chi connectivity index (χ1v) is 13.4. The van der Waals surface area contributed by atoms with Crippen LogP contribution in [0.5, 0.6) is 5.75 Å². The number of hydrogen-bond donors (Lipinski definition) is 2.